The molecule has 0 unspecified atom stereocenters. The van der Waals surface area contributed by atoms with Gasteiger partial charge in [0.2, 0.25) is 11.8 Å². The number of hydrogen-bond acceptors (Lipinski definition) is 4. The van der Waals surface area contributed by atoms with Gasteiger partial charge in [0.1, 0.15) is 5.82 Å². The zero-order valence-corrected chi connectivity index (χ0v) is 15.8. The standard InChI is InChI=1S/C21H25F2N3O/c1-13-3-4-19(25-10-13)17-9-16(17)12-27-20-18(11-24-14(2)26-20)15-5-7-21(22,23)8-6-15/h3-4,10-11,15-17H,5-9,12H2,1-2H3/t16-,17+/m1/s1. The number of halogens is 2. The summed E-state index contributed by atoms with van der Waals surface area (Å²) >= 11 is 0. The fraction of sp³-hybridized carbons (Fsp3) is 0.571. The second-order valence-corrected chi connectivity index (χ2v) is 7.98. The highest BCUT2D eigenvalue weighted by Crippen LogP contribution is 2.47. The van der Waals surface area contributed by atoms with E-state index in [9.17, 15) is 8.78 Å². The zero-order valence-electron chi connectivity index (χ0n) is 15.8. The Morgan fingerprint density at radius 1 is 1.11 bits per heavy atom. The highest BCUT2D eigenvalue weighted by atomic mass is 19.3. The Bertz CT molecular complexity index is 800. The molecule has 144 valence electrons. The van der Waals surface area contributed by atoms with E-state index in [1.54, 1.807) is 6.20 Å². The molecule has 0 N–H and O–H groups in total. The van der Waals surface area contributed by atoms with Crippen LogP contribution in [0.3, 0.4) is 0 Å². The molecule has 2 aliphatic carbocycles. The second-order valence-electron chi connectivity index (χ2n) is 7.98. The van der Waals surface area contributed by atoms with Crippen LogP contribution >= 0.6 is 0 Å². The smallest absolute Gasteiger partial charge is 0.248 e. The molecule has 0 saturated heterocycles. The van der Waals surface area contributed by atoms with Gasteiger partial charge in [-0.2, -0.15) is 4.98 Å². The third kappa shape index (κ3) is 4.25. The molecule has 2 heterocycles. The van der Waals surface area contributed by atoms with Crippen LogP contribution in [0.1, 0.15) is 66.6 Å². The molecule has 4 rings (SSSR count). The van der Waals surface area contributed by atoms with Crippen molar-refractivity contribution in [2.45, 2.75) is 63.7 Å². The molecular formula is C21H25F2N3O. The highest BCUT2D eigenvalue weighted by Gasteiger charge is 2.41. The van der Waals surface area contributed by atoms with E-state index in [4.69, 9.17) is 4.74 Å². The minimum atomic E-state index is -2.54. The van der Waals surface area contributed by atoms with Crippen molar-refractivity contribution in [2.75, 3.05) is 6.61 Å². The van der Waals surface area contributed by atoms with Crippen molar-refractivity contribution in [2.24, 2.45) is 5.92 Å². The molecule has 0 radical (unpaired) electrons. The molecule has 4 nitrogen and oxygen atoms in total. The van der Waals surface area contributed by atoms with Crippen molar-refractivity contribution < 1.29 is 13.5 Å². The first-order chi connectivity index (χ1) is 12.9. The van der Waals surface area contributed by atoms with Crippen LogP contribution in [0.25, 0.3) is 0 Å². The molecule has 2 aliphatic rings. The zero-order chi connectivity index (χ0) is 19.0. The lowest BCUT2D eigenvalue weighted by atomic mass is 9.83. The number of rotatable bonds is 5. The molecule has 0 spiro atoms. The van der Waals surface area contributed by atoms with Crippen molar-refractivity contribution in [3.05, 3.63) is 47.2 Å². The van der Waals surface area contributed by atoms with Gasteiger partial charge in [-0.15, -0.1) is 0 Å². The lowest BCUT2D eigenvalue weighted by Crippen LogP contribution is -2.24. The minimum Gasteiger partial charge on any atom is -0.477 e. The van der Waals surface area contributed by atoms with E-state index >= 15 is 0 Å². The molecular weight excluding hydrogens is 348 g/mol. The molecule has 2 aromatic heterocycles. The molecule has 2 aromatic rings. The van der Waals surface area contributed by atoms with Gasteiger partial charge < -0.3 is 4.74 Å². The Labute approximate surface area is 158 Å². The molecule has 0 aliphatic heterocycles. The van der Waals surface area contributed by atoms with Gasteiger partial charge >= 0.3 is 0 Å². The van der Waals surface area contributed by atoms with E-state index in [0.29, 0.717) is 43.0 Å². The summed E-state index contributed by atoms with van der Waals surface area (Å²) < 4.78 is 33.0. The van der Waals surface area contributed by atoms with Crippen LogP contribution in [0.15, 0.2) is 24.5 Å². The van der Waals surface area contributed by atoms with E-state index < -0.39 is 5.92 Å². The molecule has 0 aromatic carbocycles. The van der Waals surface area contributed by atoms with E-state index in [1.165, 1.54) is 0 Å². The van der Waals surface area contributed by atoms with E-state index in [-0.39, 0.29) is 18.8 Å². The Morgan fingerprint density at radius 2 is 1.89 bits per heavy atom. The highest BCUT2D eigenvalue weighted by molar-refractivity contribution is 5.29. The Morgan fingerprint density at radius 3 is 2.59 bits per heavy atom. The molecule has 27 heavy (non-hydrogen) atoms. The third-order valence-electron chi connectivity index (χ3n) is 5.73. The first kappa shape index (κ1) is 18.3. The summed E-state index contributed by atoms with van der Waals surface area (Å²) in [5, 5.41) is 0. The van der Waals surface area contributed by atoms with Crippen LogP contribution in [0.4, 0.5) is 8.78 Å². The summed E-state index contributed by atoms with van der Waals surface area (Å²) in [5.41, 5.74) is 3.15. The predicted octanol–water partition coefficient (Wildman–Crippen LogP) is 4.96. The van der Waals surface area contributed by atoms with Gasteiger partial charge in [0.05, 0.1) is 6.61 Å². The van der Waals surface area contributed by atoms with Gasteiger partial charge in [0, 0.05) is 48.3 Å². The second kappa shape index (κ2) is 7.13. The summed E-state index contributed by atoms with van der Waals surface area (Å²) in [6.07, 6.45) is 5.48. The van der Waals surface area contributed by atoms with Crippen molar-refractivity contribution in [3.63, 3.8) is 0 Å². The summed E-state index contributed by atoms with van der Waals surface area (Å²) in [7, 11) is 0. The third-order valence-corrected chi connectivity index (χ3v) is 5.73. The number of aryl methyl sites for hydroxylation is 2. The van der Waals surface area contributed by atoms with Gasteiger partial charge in [-0.3, -0.25) is 4.98 Å². The normalized spacial score (nSPS) is 24.6. The summed E-state index contributed by atoms with van der Waals surface area (Å²) in [6.45, 7) is 4.43. The lowest BCUT2D eigenvalue weighted by Gasteiger charge is -2.29. The summed E-state index contributed by atoms with van der Waals surface area (Å²) in [5.74, 6) is -0.410. The number of pyridine rings is 1. The van der Waals surface area contributed by atoms with Crippen molar-refractivity contribution in [1.29, 1.82) is 0 Å². The average Bonchev–Trinajstić information content (AvgIpc) is 3.41. The van der Waals surface area contributed by atoms with Gasteiger partial charge in [0.15, 0.2) is 0 Å². The van der Waals surface area contributed by atoms with E-state index in [1.807, 2.05) is 20.0 Å². The molecule has 6 heteroatoms. The van der Waals surface area contributed by atoms with Gasteiger partial charge in [-0.1, -0.05) is 6.07 Å². The first-order valence-electron chi connectivity index (χ1n) is 9.68. The van der Waals surface area contributed by atoms with Crippen LogP contribution in [-0.2, 0) is 0 Å². The van der Waals surface area contributed by atoms with Crippen LogP contribution in [0, 0.1) is 19.8 Å². The Hall–Kier alpha value is -2.11. The van der Waals surface area contributed by atoms with Crippen LogP contribution in [-0.4, -0.2) is 27.5 Å². The van der Waals surface area contributed by atoms with Crippen molar-refractivity contribution in [3.8, 4) is 5.88 Å². The Balaban J connectivity index is 1.40. The van der Waals surface area contributed by atoms with Gasteiger partial charge in [0.25, 0.3) is 0 Å². The van der Waals surface area contributed by atoms with Crippen molar-refractivity contribution in [1.82, 2.24) is 15.0 Å². The summed E-state index contributed by atoms with van der Waals surface area (Å²) in [6, 6.07) is 4.17. The fourth-order valence-electron chi connectivity index (χ4n) is 3.88. The molecule has 0 bridgehead atoms. The number of hydrogen-bond donors (Lipinski definition) is 0. The first-order valence-corrected chi connectivity index (χ1v) is 9.68. The van der Waals surface area contributed by atoms with Crippen LogP contribution in [0.5, 0.6) is 5.88 Å². The number of ether oxygens (including phenoxy) is 1. The molecule has 2 saturated carbocycles. The maximum Gasteiger partial charge on any atom is 0.248 e. The largest absolute Gasteiger partial charge is 0.477 e. The number of aromatic nitrogens is 3. The quantitative estimate of drug-likeness (QED) is 0.743. The van der Waals surface area contributed by atoms with Gasteiger partial charge in [-0.25, -0.2) is 13.8 Å². The Kier molecular flexibility index (Phi) is 4.82. The van der Waals surface area contributed by atoms with Crippen molar-refractivity contribution >= 4 is 0 Å². The topological polar surface area (TPSA) is 47.9 Å². The number of nitrogens with zero attached hydrogens (tertiary/aromatic N) is 3. The van der Waals surface area contributed by atoms with E-state index in [2.05, 4.69) is 27.1 Å². The molecule has 0 amide bonds. The number of alkyl halides is 2. The summed E-state index contributed by atoms with van der Waals surface area (Å²) in [4.78, 5) is 13.2. The average molecular weight is 373 g/mol. The van der Waals surface area contributed by atoms with Crippen LogP contribution in [0.2, 0.25) is 0 Å². The maximum atomic E-state index is 13.5. The SMILES string of the molecule is Cc1ccc([C@H]2C[C@@H]2COc2nc(C)ncc2C2CCC(F)(F)CC2)nc1. The molecule has 2 atom stereocenters. The molecule has 2 fully saturated rings. The predicted molar refractivity (Wildman–Crippen MR) is 98.2 cm³/mol. The van der Waals surface area contributed by atoms with Crippen LogP contribution < -0.4 is 4.74 Å². The van der Waals surface area contributed by atoms with E-state index in [0.717, 1.165) is 23.2 Å². The minimum absolute atomic E-state index is 0.0500. The van der Waals surface area contributed by atoms with Gasteiger partial charge in [-0.05, 0) is 50.7 Å². The monoisotopic (exact) mass is 373 g/mol. The fourth-order valence-corrected chi connectivity index (χ4v) is 3.88. The maximum absolute atomic E-state index is 13.5. The lowest BCUT2D eigenvalue weighted by molar-refractivity contribution is -0.0384.